The van der Waals surface area contributed by atoms with E-state index in [4.69, 9.17) is 0 Å². The van der Waals surface area contributed by atoms with Crippen LogP contribution in [0, 0.1) is 16.7 Å². The Bertz CT molecular complexity index is 403. The van der Waals surface area contributed by atoms with E-state index in [-0.39, 0.29) is 28.6 Å². The van der Waals surface area contributed by atoms with Gasteiger partial charge in [0.1, 0.15) is 0 Å². The normalized spacial score (nSPS) is 33.4. The van der Waals surface area contributed by atoms with Gasteiger partial charge in [0.05, 0.1) is 5.41 Å². The van der Waals surface area contributed by atoms with Gasteiger partial charge >= 0.3 is 0 Å². The number of piperidine rings is 1. The van der Waals surface area contributed by atoms with Gasteiger partial charge in [-0.1, -0.05) is 20.8 Å². The third-order valence-electron chi connectivity index (χ3n) is 5.49. The van der Waals surface area contributed by atoms with E-state index >= 15 is 0 Å². The highest BCUT2D eigenvalue weighted by atomic mass is 16.2. The monoisotopic (exact) mass is 266 g/mol. The fourth-order valence-electron chi connectivity index (χ4n) is 3.66. The van der Waals surface area contributed by atoms with Gasteiger partial charge in [-0.2, -0.15) is 0 Å². The Morgan fingerprint density at radius 2 is 1.89 bits per heavy atom. The van der Waals surface area contributed by atoms with Crippen molar-refractivity contribution in [3.8, 4) is 0 Å². The van der Waals surface area contributed by atoms with Gasteiger partial charge in [-0.3, -0.25) is 14.5 Å². The molecule has 2 aliphatic rings. The molecule has 0 N–H and O–H groups in total. The molecule has 2 rings (SSSR count). The molecule has 4 heteroatoms. The van der Waals surface area contributed by atoms with Crippen LogP contribution in [0.15, 0.2) is 0 Å². The summed E-state index contributed by atoms with van der Waals surface area (Å²) in [7, 11) is 4.02. The summed E-state index contributed by atoms with van der Waals surface area (Å²) in [6, 6.07) is 0. The Hall–Kier alpha value is -0.900. The van der Waals surface area contributed by atoms with Crippen LogP contribution in [0.25, 0.3) is 0 Å². The number of imide groups is 1. The number of hydrogen-bond donors (Lipinski definition) is 0. The van der Waals surface area contributed by atoms with E-state index in [2.05, 4.69) is 18.7 Å². The van der Waals surface area contributed by atoms with Crippen LogP contribution < -0.4 is 0 Å². The Morgan fingerprint density at radius 1 is 1.26 bits per heavy atom. The molecule has 0 unspecified atom stereocenters. The molecule has 108 valence electrons. The number of carbonyl (C=O) groups excluding carboxylic acids is 2. The average molecular weight is 266 g/mol. The van der Waals surface area contributed by atoms with Crippen molar-refractivity contribution in [1.82, 2.24) is 9.80 Å². The van der Waals surface area contributed by atoms with Crippen molar-refractivity contribution in [2.24, 2.45) is 16.7 Å². The van der Waals surface area contributed by atoms with Crippen LogP contribution in [0.3, 0.4) is 0 Å². The van der Waals surface area contributed by atoms with Crippen LogP contribution in [0.2, 0.25) is 0 Å². The second kappa shape index (κ2) is 4.58. The molecule has 1 aliphatic heterocycles. The predicted octanol–water partition coefficient (Wildman–Crippen LogP) is 1.75. The van der Waals surface area contributed by atoms with E-state index in [0.29, 0.717) is 6.54 Å². The summed E-state index contributed by atoms with van der Waals surface area (Å²) in [5, 5.41) is 0. The minimum absolute atomic E-state index is 0.0227. The lowest BCUT2D eigenvalue weighted by Gasteiger charge is -2.47. The van der Waals surface area contributed by atoms with Gasteiger partial charge < -0.3 is 4.90 Å². The molecule has 4 nitrogen and oxygen atoms in total. The van der Waals surface area contributed by atoms with Crippen molar-refractivity contribution in [3.05, 3.63) is 0 Å². The summed E-state index contributed by atoms with van der Waals surface area (Å²) in [5.41, 5.74) is -0.553. The Kier molecular flexibility index (Phi) is 3.50. The molecule has 0 radical (unpaired) electrons. The molecule has 1 saturated carbocycles. The van der Waals surface area contributed by atoms with Crippen LogP contribution in [0.5, 0.6) is 0 Å². The number of fused-ring (bicyclic) bond motifs is 2. The maximum atomic E-state index is 12.7. The van der Waals surface area contributed by atoms with Crippen molar-refractivity contribution in [2.75, 3.05) is 27.2 Å². The smallest absolute Gasteiger partial charge is 0.235 e. The largest absolute Gasteiger partial charge is 0.309 e. The molecule has 1 saturated heterocycles. The molecular weight excluding hydrogens is 240 g/mol. The molecule has 2 amide bonds. The zero-order valence-electron chi connectivity index (χ0n) is 12.8. The van der Waals surface area contributed by atoms with E-state index in [1.54, 1.807) is 0 Å². The molecule has 1 aliphatic carbocycles. The molecule has 2 fully saturated rings. The van der Waals surface area contributed by atoms with Gasteiger partial charge in [0.15, 0.2) is 0 Å². The van der Waals surface area contributed by atoms with Crippen molar-refractivity contribution in [3.63, 3.8) is 0 Å². The molecule has 1 heterocycles. The number of nitrogens with zero attached hydrogens (tertiary/aromatic N) is 2. The first-order chi connectivity index (χ1) is 8.72. The van der Waals surface area contributed by atoms with Gasteiger partial charge in [0, 0.05) is 12.5 Å². The molecule has 0 aromatic carbocycles. The quantitative estimate of drug-likeness (QED) is 0.728. The summed E-state index contributed by atoms with van der Waals surface area (Å²) in [6.07, 6.45) is 2.56. The Labute approximate surface area is 116 Å². The first-order valence-electron chi connectivity index (χ1n) is 7.22. The lowest BCUT2D eigenvalue weighted by atomic mass is 9.62. The second-order valence-corrected chi connectivity index (χ2v) is 7.10. The zero-order chi connectivity index (χ0) is 14.4. The fraction of sp³-hybridized carbons (Fsp3) is 0.867. The standard InChI is InChI=1S/C15H26N2O2/c1-14(2)11-7-8-15(14,3)13(19)17(12(11)18)10-6-9-16(4)5/h11H,6-10H2,1-5H3/t11-,15+/m0/s1. The Morgan fingerprint density at radius 3 is 2.47 bits per heavy atom. The molecular formula is C15H26N2O2. The Balaban J connectivity index is 2.16. The molecule has 19 heavy (non-hydrogen) atoms. The third-order valence-corrected chi connectivity index (χ3v) is 5.49. The fourth-order valence-corrected chi connectivity index (χ4v) is 3.66. The molecule has 0 spiro atoms. The number of amides is 2. The van der Waals surface area contributed by atoms with Gasteiger partial charge in [-0.25, -0.2) is 0 Å². The van der Waals surface area contributed by atoms with Crippen molar-refractivity contribution in [1.29, 1.82) is 0 Å². The summed E-state index contributed by atoms with van der Waals surface area (Å²) in [5.74, 6) is 0.133. The lowest BCUT2D eigenvalue weighted by Crippen LogP contribution is -2.59. The van der Waals surface area contributed by atoms with Crippen LogP contribution in [0.1, 0.15) is 40.0 Å². The van der Waals surface area contributed by atoms with E-state index in [0.717, 1.165) is 25.8 Å². The van der Waals surface area contributed by atoms with E-state index in [9.17, 15) is 9.59 Å². The minimum Gasteiger partial charge on any atom is -0.309 e. The van der Waals surface area contributed by atoms with E-state index in [1.165, 1.54) is 4.90 Å². The zero-order valence-corrected chi connectivity index (χ0v) is 12.8. The molecule has 2 atom stereocenters. The number of likely N-dealkylation sites (tertiary alicyclic amines) is 1. The summed E-state index contributed by atoms with van der Waals surface area (Å²) in [4.78, 5) is 28.8. The molecule has 0 aromatic rings. The topological polar surface area (TPSA) is 40.6 Å². The van der Waals surface area contributed by atoms with Gasteiger partial charge in [-0.05, 0) is 45.3 Å². The van der Waals surface area contributed by atoms with Crippen molar-refractivity contribution >= 4 is 11.8 Å². The highest BCUT2D eigenvalue weighted by Gasteiger charge is 2.64. The van der Waals surface area contributed by atoms with Gasteiger partial charge in [0.25, 0.3) is 0 Å². The summed E-state index contributed by atoms with van der Waals surface area (Å²) >= 11 is 0. The third kappa shape index (κ3) is 2.00. The van der Waals surface area contributed by atoms with Crippen LogP contribution >= 0.6 is 0 Å². The number of rotatable bonds is 4. The van der Waals surface area contributed by atoms with E-state index < -0.39 is 0 Å². The van der Waals surface area contributed by atoms with Gasteiger partial charge in [-0.15, -0.1) is 0 Å². The number of hydrogen-bond acceptors (Lipinski definition) is 3. The number of carbonyl (C=O) groups is 2. The maximum Gasteiger partial charge on any atom is 0.235 e. The highest BCUT2D eigenvalue weighted by Crippen LogP contribution is 2.59. The van der Waals surface area contributed by atoms with Crippen LogP contribution in [0.4, 0.5) is 0 Å². The first kappa shape index (κ1) is 14.5. The molecule has 2 bridgehead atoms. The predicted molar refractivity (Wildman–Crippen MR) is 74.5 cm³/mol. The van der Waals surface area contributed by atoms with Crippen molar-refractivity contribution < 1.29 is 9.59 Å². The SMILES string of the molecule is CN(C)CCCN1C(=O)[C@@H]2CC[C@](C)(C1=O)C2(C)C. The average Bonchev–Trinajstić information content (AvgIpc) is 2.49. The van der Waals surface area contributed by atoms with Gasteiger partial charge in [0.2, 0.25) is 11.8 Å². The maximum absolute atomic E-state index is 12.7. The lowest BCUT2D eigenvalue weighted by molar-refractivity contribution is -0.167. The summed E-state index contributed by atoms with van der Waals surface area (Å²) in [6.45, 7) is 7.68. The van der Waals surface area contributed by atoms with E-state index in [1.807, 2.05) is 21.0 Å². The highest BCUT2D eigenvalue weighted by molar-refractivity contribution is 6.03. The first-order valence-corrected chi connectivity index (χ1v) is 7.22. The van der Waals surface area contributed by atoms with Crippen LogP contribution in [-0.2, 0) is 9.59 Å². The summed E-state index contributed by atoms with van der Waals surface area (Å²) < 4.78 is 0. The molecule has 0 aromatic heterocycles. The second-order valence-electron chi connectivity index (χ2n) is 7.10. The van der Waals surface area contributed by atoms with Crippen LogP contribution in [-0.4, -0.2) is 48.8 Å². The van der Waals surface area contributed by atoms with Crippen molar-refractivity contribution in [2.45, 2.75) is 40.0 Å². The minimum atomic E-state index is -0.357.